The molecule has 1 aromatic heterocycles. The van der Waals surface area contributed by atoms with Gasteiger partial charge in [-0.1, -0.05) is 48.5 Å². The lowest BCUT2D eigenvalue weighted by atomic mass is 9.72. The molecule has 0 unspecified atom stereocenters. The molecule has 1 aliphatic carbocycles. The molecule has 6 rings (SSSR count). The summed E-state index contributed by atoms with van der Waals surface area (Å²) in [5.41, 5.74) is 4.30. The Morgan fingerprint density at radius 3 is 2.62 bits per heavy atom. The molecule has 0 saturated carbocycles. The van der Waals surface area contributed by atoms with Crippen molar-refractivity contribution in [3.05, 3.63) is 112 Å². The average molecular weight is 540 g/mol. The van der Waals surface area contributed by atoms with E-state index in [1.165, 1.54) is 0 Å². The number of allylic oxidation sites excluding steroid dienone is 3. The smallest absolute Gasteiger partial charge is 0.336 e. The first-order chi connectivity index (χ1) is 19.6. The summed E-state index contributed by atoms with van der Waals surface area (Å²) >= 11 is 0. The Morgan fingerprint density at radius 1 is 1.02 bits per heavy atom. The van der Waals surface area contributed by atoms with Crippen LogP contribution in [0.1, 0.15) is 61.3 Å². The number of dihydropyridines is 1. The number of ketones is 1. The van der Waals surface area contributed by atoms with Crippen molar-refractivity contribution in [2.45, 2.75) is 57.2 Å². The third-order valence-corrected chi connectivity index (χ3v) is 7.88. The largest absolute Gasteiger partial charge is 0.489 e. The monoisotopic (exact) mass is 539 g/mol. The highest BCUT2D eigenvalue weighted by atomic mass is 16.6. The topological polar surface area (TPSA) is 87.0 Å². The first kappa shape index (κ1) is 26.1. The minimum atomic E-state index is -0.620. The zero-order valence-electron chi connectivity index (χ0n) is 22.6. The first-order valence-electron chi connectivity index (χ1n) is 13.9. The zero-order valence-corrected chi connectivity index (χ0v) is 22.6. The van der Waals surface area contributed by atoms with E-state index in [1.807, 2.05) is 73.7 Å². The molecule has 1 fully saturated rings. The fraction of sp³-hybridized carbons (Fsp3) is 0.333. The van der Waals surface area contributed by atoms with Crippen molar-refractivity contribution in [2.75, 3.05) is 13.2 Å². The van der Waals surface area contributed by atoms with E-state index < -0.39 is 11.9 Å². The molecular formula is C33H33NO6. The van der Waals surface area contributed by atoms with E-state index in [2.05, 4.69) is 5.32 Å². The highest BCUT2D eigenvalue weighted by Crippen LogP contribution is 2.47. The van der Waals surface area contributed by atoms with Gasteiger partial charge >= 0.3 is 5.97 Å². The summed E-state index contributed by atoms with van der Waals surface area (Å²) in [5, 5.41) is 3.40. The fourth-order valence-corrected chi connectivity index (χ4v) is 5.95. The molecule has 3 aromatic rings. The van der Waals surface area contributed by atoms with Crippen LogP contribution in [-0.4, -0.2) is 31.1 Å². The number of esters is 1. The van der Waals surface area contributed by atoms with Gasteiger partial charge in [0.25, 0.3) is 0 Å². The third-order valence-electron chi connectivity index (χ3n) is 7.88. The van der Waals surface area contributed by atoms with E-state index in [0.717, 1.165) is 35.4 Å². The zero-order chi connectivity index (χ0) is 27.5. The van der Waals surface area contributed by atoms with Gasteiger partial charge in [-0.3, -0.25) is 4.79 Å². The van der Waals surface area contributed by atoms with Gasteiger partial charge in [-0.25, -0.2) is 4.79 Å². The predicted octanol–water partition coefficient (Wildman–Crippen LogP) is 5.94. The minimum Gasteiger partial charge on any atom is -0.489 e. The average Bonchev–Trinajstić information content (AvgIpc) is 3.70. The number of carbonyl (C=O) groups is 2. The van der Waals surface area contributed by atoms with Crippen molar-refractivity contribution < 1.29 is 28.2 Å². The second-order valence-corrected chi connectivity index (χ2v) is 10.6. The van der Waals surface area contributed by atoms with Crippen LogP contribution < -0.4 is 10.1 Å². The minimum absolute atomic E-state index is 0.0186. The first-order valence-corrected chi connectivity index (χ1v) is 13.9. The predicted molar refractivity (Wildman–Crippen MR) is 148 cm³/mol. The molecule has 7 nitrogen and oxygen atoms in total. The lowest BCUT2D eigenvalue weighted by molar-refractivity contribution is -0.142. The van der Waals surface area contributed by atoms with E-state index in [1.54, 1.807) is 6.26 Å². The summed E-state index contributed by atoms with van der Waals surface area (Å²) in [6, 6.07) is 21.3. The Bertz CT molecular complexity index is 1430. The van der Waals surface area contributed by atoms with Gasteiger partial charge in [0, 0.05) is 41.5 Å². The SMILES string of the molecule is CC1=C(C(=O)OC[C@H]2CCCO2)[C@H](c2ccccc2OCc2ccccc2)C2=C(C[C@@H](c3ccco3)CC2=O)N1. The molecule has 3 atom stereocenters. The van der Waals surface area contributed by atoms with Crippen molar-refractivity contribution in [1.29, 1.82) is 0 Å². The highest BCUT2D eigenvalue weighted by Gasteiger charge is 2.43. The second-order valence-electron chi connectivity index (χ2n) is 10.6. The quantitative estimate of drug-likeness (QED) is 0.355. The maximum atomic E-state index is 13.9. The second kappa shape index (κ2) is 11.6. The number of nitrogens with one attached hydrogen (secondary N) is 1. The molecule has 3 heterocycles. The molecule has 7 heteroatoms. The maximum Gasteiger partial charge on any atom is 0.336 e. The van der Waals surface area contributed by atoms with Crippen LogP contribution in [0.2, 0.25) is 0 Å². The van der Waals surface area contributed by atoms with E-state index in [-0.39, 0.29) is 24.4 Å². The number of ether oxygens (including phenoxy) is 3. The molecule has 2 aliphatic heterocycles. The van der Waals surface area contributed by atoms with E-state index >= 15 is 0 Å². The molecule has 0 radical (unpaired) electrons. The van der Waals surface area contributed by atoms with Crippen LogP contribution in [-0.2, 0) is 25.7 Å². The summed E-state index contributed by atoms with van der Waals surface area (Å²) < 4.78 is 23.4. The van der Waals surface area contributed by atoms with Crippen molar-refractivity contribution in [3.63, 3.8) is 0 Å². The third kappa shape index (κ3) is 5.34. The molecule has 1 saturated heterocycles. The Balaban J connectivity index is 1.37. The molecule has 3 aliphatic rings. The number of hydrogen-bond donors (Lipinski definition) is 1. The van der Waals surface area contributed by atoms with Crippen LogP contribution in [0.4, 0.5) is 0 Å². The lowest BCUT2D eigenvalue weighted by Crippen LogP contribution is -2.36. The van der Waals surface area contributed by atoms with Crippen molar-refractivity contribution >= 4 is 11.8 Å². The Labute approximate surface area is 233 Å². The summed E-state index contributed by atoms with van der Waals surface area (Å²) in [6.07, 6.45) is 4.27. The number of Topliss-reactive ketones (excluding diaryl/α,β-unsaturated/α-hetero) is 1. The van der Waals surface area contributed by atoms with Gasteiger partial charge in [-0.15, -0.1) is 0 Å². The summed E-state index contributed by atoms with van der Waals surface area (Å²) in [6.45, 7) is 3.11. The molecule has 40 heavy (non-hydrogen) atoms. The van der Waals surface area contributed by atoms with Crippen LogP contribution >= 0.6 is 0 Å². The molecule has 0 amide bonds. The Hall–Kier alpha value is -4.10. The van der Waals surface area contributed by atoms with E-state index in [4.69, 9.17) is 18.6 Å². The van der Waals surface area contributed by atoms with E-state index in [0.29, 0.717) is 48.6 Å². The number of para-hydroxylation sites is 1. The van der Waals surface area contributed by atoms with Gasteiger partial charge in [0.15, 0.2) is 5.78 Å². The van der Waals surface area contributed by atoms with Gasteiger partial charge in [0.05, 0.1) is 23.9 Å². The van der Waals surface area contributed by atoms with Gasteiger partial charge in [-0.2, -0.15) is 0 Å². The van der Waals surface area contributed by atoms with Gasteiger partial charge in [-0.05, 0) is 49.9 Å². The Morgan fingerprint density at radius 2 is 1.85 bits per heavy atom. The van der Waals surface area contributed by atoms with E-state index in [9.17, 15) is 9.59 Å². The van der Waals surface area contributed by atoms with Crippen LogP contribution in [0.25, 0.3) is 0 Å². The van der Waals surface area contributed by atoms with Gasteiger partial charge < -0.3 is 23.9 Å². The van der Waals surface area contributed by atoms with Crippen LogP contribution in [0.15, 0.2) is 100.0 Å². The van der Waals surface area contributed by atoms with Crippen molar-refractivity contribution in [2.24, 2.45) is 0 Å². The molecule has 2 aromatic carbocycles. The Kier molecular flexibility index (Phi) is 7.55. The van der Waals surface area contributed by atoms with Crippen molar-refractivity contribution in [1.82, 2.24) is 5.32 Å². The van der Waals surface area contributed by atoms with Crippen LogP contribution in [0.5, 0.6) is 5.75 Å². The number of rotatable bonds is 8. The highest BCUT2D eigenvalue weighted by molar-refractivity contribution is 6.04. The number of hydrogen-bond acceptors (Lipinski definition) is 7. The van der Waals surface area contributed by atoms with Crippen LogP contribution in [0.3, 0.4) is 0 Å². The fourth-order valence-electron chi connectivity index (χ4n) is 5.95. The standard InChI is InChI=1S/C33H33NO6/c1-21-30(33(36)40-20-24-11-7-15-37-24)31(25-12-5-6-13-29(25)39-19-22-9-3-2-4-10-22)32-26(34-21)17-23(18-27(32)35)28-14-8-16-38-28/h2-6,8-10,12-14,16,23-24,31,34H,7,11,15,17-20H2,1H3/t23-,24-,31+/m1/s1. The van der Waals surface area contributed by atoms with Crippen molar-refractivity contribution in [3.8, 4) is 5.75 Å². The summed E-state index contributed by atoms with van der Waals surface area (Å²) in [5.74, 6) is 0.257. The number of carbonyl (C=O) groups excluding carboxylic acids is 2. The van der Waals surface area contributed by atoms with Gasteiger partial charge in [0.1, 0.15) is 24.7 Å². The molecule has 0 bridgehead atoms. The van der Waals surface area contributed by atoms with Gasteiger partial charge in [0.2, 0.25) is 0 Å². The molecule has 0 spiro atoms. The molecular weight excluding hydrogens is 506 g/mol. The molecule has 206 valence electrons. The summed E-state index contributed by atoms with van der Waals surface area (Å²) in [4.78, 5) is 27.6. The molecule has 1 N–H and O–H groups in total. The van der Waals surface area contributed by atoms with Crippen LogP contribution in [0, 0.1) is 0 Å². The lowest BCUT2D eigenvalue weighted by Gasteiger charge is -2.36. The normalized spacial score (nSPS) is 22.6. The maximum absolute atomic E-state index is 13.9. The number of benzene rings is 2. The summed E-state index contributed by atoms with van der Waals surface area (Å²) in [7, 11) is 0. The number of furan rings is 1.